The predicted molar refractivity (Wildman–Crippen MR) is 74.2 cm³/mol. The highest BCUT2D eigenvalue weighted by Crippen LogP contribution is 2.32. The third-order valence-electron chi connectivity index (χ3n) is 4.08. The van der Waals surface area contributed by atoms with Crippen LogP contribution >= 0.6 is 0 Å². The standard InChI is InChI=1S/C16H25N/c1-2-16(17)12-13-8-10-15(11-9-13)14-6-4-3-5-7-14/h8-11,14,16H,2-7,12,17H2,1H3. The van der Waals surface area contributed by atoms with Crippen molar-refractivity contribution in [2.75, 3.05) is 0 Å². The van der Waals surface area contributed by atoms with Gasteiger partial charge in [-0.15, -0.1) is 0 Å². The van der Waals surface area contributed by atoms with Gasteiger partial charge in [-0.25, -0.2) is 0 Å². The summed E-state index contributed by atoms with van der Waals surface area (Å²) >= 11 is 0. The molecule has 1 nitrogen and oxygen atoms in total. The molecule has 1 unspecified atom stereocenters. The topological polar surface area (TPSA) is 26.0 Å². The molecular formula is C16H25N. The number of hydrogen-bond acceptors (Lipinski definition) is 1. The fraction of sp³-hybridized carbons (Fsp3) is 0.625. The van der Waals surface area contributed by atoms with Crippen molar-refractivity contribution in [1.29, 1.82) is 0 Å². The molecule has 1 fully saturated rings. The molecule has 1 saturated carbocycles. The van der Waals surface area contributed by atoms with Gasteiger partial charge in [-0.05, 0) is 42.7 Å². The SMILES string of the molecule is CCC(N)Cc1ccc(C2CCCCC2)cc1. The van der Waals surface area contributed by atoms with Crippen LogP contribution in [0.3, 0.4) is 0 Å². The lowest BCUT2D eigenvalue weighted by Gasteiger charge is -2.22. The summed E-state index contributed by atoms with van der Waals surface area (Å²) in [4.78, 5) is 0. The van der Waals surface area contributed by atoms with Crippen LogP contribution in [0.4, 0.5) is 0 Å². The molecule has 0 aromatic heterocycles. The maximum atomic E-state index is 5.99. The second kappa shape index (κ2) is 6.20. The Morgan fingerprint density at radius 3 is 2.35 bits per heavy atom. The van der Waals surface area contributed by atoms with Crippen LogP contribution in [0.15, 0.2) is 24.3 Å². The zero-order valence-corrected chi connectivity index (χ0v) is 11.0. The molecule has 0 bridgehead atoms. The molecule has 0 radical (unpaired) electrons. The predicted octanol–water partition coefficient (Wildman–Crippen LogP) is 4.01. The van der Waals surface area contributed by atoms with Crippen molar-refractivity contribution >= 4 is 0 Å². The molecule has 1 atom stereocenters. The normalized spacial score (nSPS) is 19.2. The van der Waals surface area contributed by atoms with Crippen LogP contribution in [0.1, 0.15) is 62.5 Å². The summed E-state index contributed by atoms with van der Waals surface area (Å²) in [5.74, 6) is 0.817. The Kier molecular flexibility index (Phi) is 4.61. The van der Waals surface area contributed by atoms with E-state index in [1.807, 2.05) is 0 Å². The van der Waals surface area contributed by atoms with Crippen LogP contribution in [0, 0.1) is 0 Å². The van der Waals surface area contributed by atoms with Crippen molar-refractivity contribution in [2.45, 2.75) is 63.8 Å². The maximum Gasteiger partial charge on any atom is 0.00766 e. The van der Waals surface area contributed by atoms with E-state index in [-0.39, 0.29) is 0 Å². The van der Waals surface area contributed by atoms with E-state index in [0.29, 0.717) is 6.04 Å². The summed E-state index contributed by atoms with van der Waals surface area (Å²) in [6, 6.07) is 9.52. The highest BCUT2D eigenvalue weighted by molar-refractivity contribution is 5.26. The van der Waals surface area contributed by atoms with E-state index in [9.17, 15) is 0 Å². The Labute approximate surface area is 105 Å². The second-order valence-electron chi connectivity index (χ2n) is 5.45. The van der Waals surface area contributed by atoms with Crippen molar-refractivity contribution < 1.29 is 0 Å². The molecule has 0 saturated heterocycles. The van der Waals surface area contributed by atoms with Gasteiger partial charge >= 0.3 is 0 Å². The molecule has 94 valence electrons. The first-order valence-electron chi connectivity index (χ1n) is 7.14. The molecule has 1 aromatic rings. The molecule has 2 N–H and O–H groups in total. The number of rotatable bonds is 4. The van der Waals surface area contributed by atoms with E-state index >= 15 is 0 Å². The average Bonchev–Trinajstić information content (AvgIpc) is 2.40. The third kappa shape index (κ3) is 3.57. The van der Waals surface area contributed by atoms with Crippen LogP contribution in [-0.2, 0) is 6.42 Å². The first-order valence-corrected chi connectivity index (χ1v) is 7.14. The Morgan fingerprint density at radius 1 is 1.12 bits per heavy atom. The number of nitrogens with two attached hydrogens (primary N) is 1. The maximum absolute atomic E-state index is 5.99. The first kappa shape index (κ1) is 12.6. The van der Waals surface area contributed by atoms with Crippen molar-refractivity contribution in [2.24, 2.45) is 5.73 Å². The van der Waals surface area contributed by atoms with E-state index in [1.165, 1.54) is 37.7 Å². The molecule has 1 heteroatoms. The zero-order valence-electron chi connectivity index (χ0n) is 11.0. The van der Waals surface area contributed by atoms with Crippen molar-refractivity contribution in [3.8, 4) is 0 Å². The van der Waals surface area contributed by atoms with Gasteiger partial charge in [-0.1, -0.05) is 50.5 Å². The minimum Gasteiger partial charge on any atom is -0.327 e. The fourth-order valence-corrected chi connectivity index (χ4v) is 2.81. The summed E-state index contributed by atoms with van der Waals surface area (Å²) in [7, 11) is 0. The van der Waals surface area contributed by atoms with Gasteiger partial charge in [-0.2, -0.15) is 0 Å². The minimum absolute atomic E-state index is 0.315. The molecule has 0 spiro atoms. The largest absolute Gasteiger partial charge is 0.327 e. The van der Waals surface area contributed by atoms with Crippen LogP contribution in [0.5, 0.6) is 0 Å². The van der Waals surface area contributed by atoms with Gasteiger partial charge in [-0.3, -0.25) is 0 Å². The lowest BCUT2D eigenvalue weighted by Crippen LogP contribution is -2.21. The van der Waals surface area contributed by atoms with Gasteiger partial charge < -0.3 is 5.73 Å². The number of hydrogen-bond donors (Lipinski definition) is 1. The van der Waals surface area contributed by atoms with Crippen molar-refractivity contribution in [3.63, 3.8) is 0 Å². The fourth-order valence-electron chi connectivity index (χ4n) is 2.81. The summed E-state index contributed by atoms with van der Waals surface area (Å²) in [6.45, 7) is 2.15. The summed E-state index contributed by atoms with van der Waals surface area (Å²) < 4.78 is 0. The lowest BCUT2D eigenvalue weighted by atomic mass is 9.84. The van der Waals surface area contributed by atoms with Crippen molar-refractivity contribution in [3.05, 3.63) is 35.4 Å². The Balaban J connectivity index is 1.97. The quantitative estimate of drug-likeness (QED) is 0.832. The van der Waals surface area contributed by atoms with Gasteiger partial charge in [0.15, 0.2) is 0 Å². The van der Waals surface area contributed by atoms with Crippen LogP contribution < -0.4 is 5.73 Å². The third-order valence-corrected chi connectivity index (χ3v) is 4.08. The van der Waals surface area contributed by atoms with Gasteiger partial charge in [0.25, 0.3) is 0 Å². The van der Waals surface area contributed by atoms with Crippen LogP contribution in [0.25, 0.3) is 0 Å². The minimum atomic E-state index is 0.315. The van der Waals surface area contributed by atoms with Gasteiger partial charge in [0.05, 0.1) is 0 Å². The molecule has 0 heterocycles. The molecule has 1 aliphatic rings. The zero-order chi connectivity index (χ0) is 12.1. The highest BCUT2D eigenvalue weighted by Gasteiger charge is 2.15. The molecule has 1 aromatic carbocycles. The molecule has 17 heavy (non-hydrogen) atoms. The molecule has 0 aliphatic heterocycles. The first-order chi connectivity index (χ1) is 8.29. The molecular weight excluding hydrogens is 206 g/mol. The number of benzene rings is 1. The molecule has 1 aliphatic carbocycles. The summed E-state index contributed by atoms with van der Waals surface area (Å²) in [5, 5.41) is 0. The monoisotopic (exact) mass is 231 g/mol. The van der Waals surface area contributed by atoms with E-state index in [4.69, 9.17) is 5.73 Å². The molecule has 0 amide bonds. The van der Waals surface area contributed by atoms with Crippen molar-refractivity contribution in [1.82, 2.24) is 0 Å². The Bertz CT molecular complexity index is 322. The Hall–Kier alpha value is -0.820. The summed E-state index contributed by atoms with van der Waals surface area (Å²) in [5.41, 5.74) is 8.91. The smallest absolute Gasteiger partial charge is 0.00766 e. The second-order valence-corrected chi connectivity index (χ2v) is 5.45. The van der Waals surface area contributed by atoms with Crippen LogP contribution in [-0.4, -0.2) is 6.04 Å². The van der Waals surface area contributed by atoms with Gasteiger partial charge in [0.2, 0.25) is 0 Å². The average molecular weight is 231 g/mol. The Morgan fingerprint density at radius 2 is 1.76 bits per heavy atom. The van der Waals surface area contributed by atoms with E-state index in [2.05, 4.69) is 31.2 Å². The van der Waals surface area contributed by atoms with Crippen LogP contribution in [0.2, 0.25) is 0 Å². The van der Waals surface area contributed by atoms with E-state index in [0.717, 1.165) is 18.8 Å². The highest BCUT2D eigenvalue weighted by atomic mass is 14.6. The lowest BCUT2D eigenvalue weighted by molar-refractivity contribution is 0.443. The molecule has 2 rings (SSSR count). The van der Waals surface area contributed by atoms with E-state index < -0.39 is 0 Å². The van der Waals surface area contributed by atoms with E-state index in [1.54, 1.807) is 5.56 Å². The van der Waals surface area contributed by atoms with Gasteiger partial charge in [0.1, 0.15) is 0 Å². The van der Waals surface area contributed by atoms with Gasteiger partial charge in [0, 0.05) is 6.04 Å². The summed E-state index contributed by atoms with van der Waals surface area (Å²) in [6.07, 6.45) is 9.09.